The van der Waals surface area contributed by atoms with E-state index in [2.05, 4.69) is 32.9 Å². The van der Waals surface area contributed by atoms with Crippen LogP contribution in [0.4, 0.5) is 0 Å². The summed E-state index contributed by atoms with van der Waals surface area (Å²) in [6.07, 6.45) is 1.91. The first-order valence-corrected chi connectivity index (χ1v) is 6.76. The number of aliphatic hydroxyl groups is 1. The van der Waals surface area contributed by atoms with Crippen molar-refractivity contribution < 1.29 is 5.11 Å². The van der Waals surface area contributed by atoms with Crippen LogP contribution in [-0.4, -0.2) is 41.7 Å². The monoisotopic (exact) mass is 290 g/mol. The van der Waals surface area contributed by atoms with Gasteiger partial charge in [-0.1, -0.05) is 0 Å². The third kappa shape index (κ3) is 2.58. The van der Waals surface area contributed by atoms with E-state index in [4.69, 9.17) is 5.11 Å². The molecule has 0 saturated carbocycles. The van der Waals surface area contributed by atoms with E-state index in [1.165, 1.54) is 16.3 Å². The first-order valence-electron chi connectivity index (χ1n) is 5.15. The van der Waals surface area contributed by atoms with E-state index < -0.39 is 0 Å². The second-order valence-corrected chi connectivity index (χ2v) is 5.85. The fraction of sp³-hybridized carbons (Fsp3) is 0.700. The van der Waals surface area contributed by atoms with E-state index in [9.17, 15) is 0 Å². The highest BCUT2D eigenvalue weighted by molar-refractivity contribution is 9.10. The average Bonchev–Trinajstić information content (AvgIpc) is 2.75. The molecule has 1 fully saturated rings. The van der Waals surface area contributed by atoms with Gasteiger partial charge in [0.15, 0.2) is 0 Å². The molecule has 0 aliphatic carbocycles. The number of aromatic nitrogens is 1. The Morgan fingerprint density at radius 3 is 3.07 bits per heavy atom. The summed E-state index contributed by atoms with van der Waals surface area (Å²) >= 11 is 5.19. The van der Waals surface area contributed by atoms with Crippen LogP contribution in [0.5, 0.6) is 0 Å². The number of halogens is 1. The normalized spacial score (nSPS) is 22.5. The predicted molar refractivity (Wildman–Crippen MR) is 65.5 cm³/mol. The van der Waals surface area contributed by atoms with Gasteiger partial charge in [0.1, 0.15) is 4.60 Å². The van der Waals surface area contributed by atoms with Crippen molar-refractivity contribution in [1.82, 2.24) is 9.88 Å². The third-order valence-electron chi connectivity index (χ3n) is 2.75. The molecule has 1 aromatic rings. The zero-order valence-electron chi connectivity index (χ0n) is 8.74. The number of likely N-dealkylation sites (tertiary alicyclic amines) is 1. The van der Waals surface area contributed by atoms with Gasteiger partial charge in [0.25, 0.3) is 0 Å². The molecule has 0 radical (unpaired) electrons. The lowest BCUT2D eigenvalue weighted by atomic mass is 10.1. The SMILES string of the molecule is CN1CCC(c2nc(Br)c(CCO)s2)C1. The first-order chi connectivity index (χ1) is 7.20. The minimum absolute atomic E-state index is 0.199. The number of nitrogens with zero attached hydrogens (tertiary/aromatic N) is 2. The van der Waals surface area contributed by atoms with Crippen molar-refractivity contribution in [1.29, 1.82) is 0 Å². The van der Waals surface area contributed by atoms with Gasteiger partial charge < -0.3 is 10.0 Å². The van der Waals surface area contributed by atoms with Gasteiger partial charge in [-0.15, -0.1) is 11.3 Å². The third-order valence-corrected chi connectivity index (χ3v) is 4.94. The van der Waals surface area contributed by atoms with Gasteiger partial charge in [-0.2, -0.15) is 0 Å². The van der Waals surface area contributed by atoms with Crippen molar-refractivity contribution in [3.8, 4) is 0 Å². The number of likely N-dealkylation sites (N-methyl/N-ethyl adjacent to an activating group) is 1. The second-order valence-electron chi connectivity index (χ2n) is 3.99. The summed E-state index contributed by atoms with van der Waals surface area (Å²) in [7, 11) is 2.15. The first kappa shape index (κ1) is 11.5. The molecule has 2 rings (SSSR count). The minimum Gasteiger partial charge on any atom is -0.396 e. The molecule has 1 aliphatic heterocycles. The predicted octanol–water partition coefficient (Wildman–Crippen LogP) is 1.86. The van der Waals surface area contributed by atoms with Crippen molar-refractivity contribution in [3.05, 3.63) is 14.5 Å². The van der Waals surface area contributed by atoms with E-state index in [0.29, 0.717) is 12.3 Å². The molecule has 1 unspecified atom stereocenters. The maximum atomic E-state index is 8.91. The second kappa shape index (κ2) is 4.91. The maximum absolute atomic E-state index is 8.91. The lowest BCUT2D eigenvalue weighted by molar-refractivity contribution is 0.300. The Kier molecular flexibility index (Phi) is 3.77. The highest BCUT2D eigenvalue weighted by Gasteiger charge is 2.24. The Morgan fingerprint density at radius 2 is 2.47 bits per heavy atom. The molecular formula is C10H15BrN2OS. The molecule has 1 saturated heterocycles. The Hall–Kier alpha value is 0.0300. The Balaban J connectivity index is 2.12. The minimum atomic E-state index is 0.199. The number of hydrogen-bond donors (Lipinski definition) is 1. The summed E-state index contributed by atoms with van der Waals surface area (Å²) in [4.78, 5) is 8.05. The molecule has 0 aromatic carbocycles. The molecule has 0 spiro atoms. The highest BCUT2D eigenvalue weighted by Crippen LogP contribution is 2.33. The molecule has 0 bridgehead atoms. The summed E-state index contributed by atoms with van der Waals surface area (Å²) in [5, 5.41) is 10.1. The molecule has 5 heteroatoms. The largest absolute Gasteiger partial charge is 0.396 e. The van der Waals surface area contributed by atoms with E-state index in [1.54, 1.807) is 11.3 Å². The molecule has 3 nitrogen and oxygen atoms in total. The highest BCUT2D eigenvalue weighted by atomic mass is 79.9. The molecule has 84 valence electrons. The van der Waals surface area contributed by atoms with E-state index in [-0.39, 0.29) is 6.61 Å². The molecule has 1 N–H and O–H groups in total. The van der Waals surface area contributed by atoms with E-state index >= 15 is 0 Å². The van der Waals surface area contributed by atoms with Crippen LogP contribution in [-0.2, 0) is 6.42 Å². The Bertz CT molecular complexity index is 342. The van der Waals surface area contributed by atoms with Gasteiger partial charge in [0, 0.05) is 30.4 Å². The van der Waals surface area contributed by atoms with Crippen molar-refractivity contribution in [3.63, 3.8) is 0 Å². The average molecular weight is 291 g/mol. The lowest BCUT2D eigenvalue weighted by Crippen LogP contribution is -2.13. The number of rotatable bonds is 3. The van der Waals surface area contributed by atoms with Crippen LogP contribution in [0.15, 0.2) is 4.60 Å². The van der Waals surface area contributed by atoms with Crippen molar-refractivity contribution in [2.75, 3.05) is 26.7 Å². The maximum Gasteiger partial charge on any atom is 0.120 e. The van der Waals surface area contributed by atoms with Crippen molar-refractivity contribution in [2.45, 2.75) is 18.8 Å². The van der Waals surface area contributed by atoms with Gasteiger partial charge in [0.2, 0.25) is 0 Å². The quantitative estimate of drug-likeness (QED) is 0.923. The topological polar surface area (TPSA) is 36.4 Å². The summed E-state index contributed by atoms with van der Waals surface area (Å²) in [6, 6.07) is 0. The summed E-state index contributed by atoms with van der Waals surface area (Å²) in [5.41, 5.74) is 0. The Morgan fingerprint density at radius 1 is 1.67 bits per heavy atom. The summed E-state index contributed by atoms with van der Waals surface area (Å²) < 4.78 is 0.922. The molecule has 1 aliphatic rings. The lowest BCUT2D eigenvalue weighted by Gasteiger charge is -2.06. The van der Waals surface area contributed by atoms with Gasteiger partial charge in [0.05, 0.1) is 5.01 Å². The van der Waals surface area contributed by atoms with Crippen LogP contribution in [0.25, 0.3) is 0 Å². The van der Waals surface area contributed by atoms with E-state index in [0.717, 1.165) is 17.7 Å². The molecular weight excluding hydrogens is 276 g/mol. The van der Waals surface area contributed by atoms with Crippen LogP contribution in [0, 0.1) is 0 Å². The fourth-order valence-electron chi connectivity index (χ4n) is 1.92. The van der Waals surface area contributed by atoms with Gasteiger partial charge in [-0.05, 0) is 35.9 Å². The molecule has 0 amide bonds. The van der Waals surface area contributed by atoms with Gasteiger partial charge >= 0.3 is 0 Å². The standard InChI is InChI=1S/C10H15BrN2OS/c1-13-4-2-7(6-13)10-12-9(11)8(15-10)3-5-14/h7,14H,2-6H2,1H3. The molecule has 1 aromatic heterocycles. The van der Waals surface area contributed by atoms with Crippen molar-refractivity contribution in [2.24, 2.45) is 0 Å². The number of hydrogen-bond acceptors (Lipinski definition) is 4. The van der Waals surface area contributed by atoms with Gasteiger partial charge in [-0.25, -0.2) is 4.98 Å². The fourth-order valence-corrected chi connectivity index (χ4v) is 3.74. The van der Waals surface area contributed by atoms with Crippen LogP contribution in [0.3, 0.4) is 0 Å². The Labute approximate surface area is 102 Å². The van der Waals surface area contributed by atoms with Crippen LogP contribution in [0.1, 0.15) is 22.2 Å². The zero-order valence-corrected chi connectivity index (χ0v) is 11.1. The number of aliphatic hydroxyl groups excluding tert-OH is 1. The zero-order chi connectivity index (χ0) is 10.8. The van der Waals surface area contributed by atoms with E-state index in [1.807, 2.05) is 0 Å². The molecule has 1 atom stereocenters. The van der Waals surface area contributed by atoms with Gasteiger partial charge in [-0.3, -0.25) is 0 Å². The summed E-state index contributed by atoms with van der Waals surface area (Å²) in [6.45, 7) is 2.47. The molecule has 15 heavy (non-hydrogen) atoms. The van der Waals surface area contributed by atoms with Crippen LogP contribution < -0.4 is 0 Å². The van der Waals surface area contributed by atoms with Crippen molar-refractivity contribution >= 4 is 27.3 Å². The van der Waals surface area contributed by atoms with Crippen LogP contribution in [0.2, 0.25) is 0 Å². The van der Waals surface area contributed by atoms with Crippen LogP contribution >= 0.6 is 27.3 Å². The number of thiazole rings is 1. The summed E-state index contributed by atoms with van der Waals surface area (Å²) in [5.74, 6) is 0.587. The molecule has 2 heterocycles. The smallest absolute Gasteiger partial charge is 0.120 e.